The second-order valence-electron chi connectivity index (χ2n) is 3.76. The van der Waals surface area contributed by atoms with E-state index in [4.69, 9.17) is 0 Å². The maximum atomic E-state index is 11.3. The number of hydrogen-bond acceptors (Lipinski definition) is 1. The average Bonchev–Trinajstić information content (AvgIpc) is 1.74. The summed E-state index contributed by atoms with van der Waals surface area (Å²) in [4.78, 5) is 11.3. The van der Waals surface area contributed by atoms with Gasteiger partial charge in [-0.25, -0.2) is 0 Å². The summed E-state index contributed by atoms with van der Waals surface area (Å²) >= 11 is 0. The first kappa shape index (κ1) is 7.14. The van der Waals surface area contributed by atoms with Crippen LogP contribution in [0, 0.1) is 5.92 Å². The van der Waals surface area contributed by atoms with Gasteiger partial charge < -0.3 is 5.32 Å². The maximum absolute atomic E-state index is 11.3. The summed E-state index contributed by atoms with van der Waals surface area (Å²) < 4.78 is 0. The van der Waals surface area contributed by atoms with Crippen LogP contribution in [0.3, 0.4) is 0 Å². The Morgan fingerprint density at radius 3 is 2.09 bits per heavy atom. The largest absolute Gasteiger partial charge is 0.353 e. The molecule has 2 aliphatic rings. The molecule has 2 saturated carbocycles. The number of carbonyl (C=O) groups excluding carboxylic acids is 1. The van der Waals surface area contributed by atoms with E-state index in [2.05, 4.69) is 5.32 Å². The Kier molecular flexibility index (Phi) is 1.84. The molecule has 0 radical (unpaired) electrons. The minimum Gasteiger partial charge on any atom is -0.353 e. The van der Waals surface area contributed by atoms with Crippen LogP contribution in [0.1, 0.15) is 38.5 Å². The van der Waals surface area contributed by atoms with Gasteiger partial charge in [-0.3, -0.25) is 4.79 Å². The summed E-state index contributed by atoms with van der Waals surface area (Å²) in [6, 6.07) is 0.531. The fraction of sp³-hybridized carbons (Fsp3) is 0.889. The Bertz CT molecular complexity index is 159. The zero-order valence-corrected chi connectivity index (χ0v) is 6.81. The van der Waals surface area contributed by atoms with E-state index in [1.165, 1.54) is 25.7 Å². The molecule has 2 rings (SSSR count). The first-order valence-electron chi connectivity index (χ1n) is 4.66. The van der Waals surface area contributed by atoms with Crippen molar-refractivity contribution in [3.63, 3.8) is 0 Å². The van der Waals surface area contributed by atoms with Crippen molar-refractivity contribution in [2.24, 2.45) is 5.92 Å². The number of hydrogen-bond donors (Lipinski definition) is 1. The topological polar surface area (TPSA) is 29.1 Å². The molecule has 0 bridgehead atoms. The fourth-order valence-electron chi connectivity index (χ4n) is 1.54. The Morgan fingerprint density at radius 1 is 1.09 bits per heavy atom. The molecule has 0 unspecified atom stereocenters. The molecule has 1 amide bonds. The monoisotopic (exact) mass is 153 g/mol. The van der Waals surface area contributed by atoms with E-state index in [9.17, 15) is 4.79 Å². The number of carbonyl (C=O) groups is 1. The van der Waals surface area contributed by atoms with Crippen molar-refractivity contribution in [1.82, 2.24) is 5.32 Å². The molecule has 2 heteroatoms. The fourth-order valence-corrected chi connectivity index (χ4v) is 1.54. The van der Waals surface area contributed by atoms with Crippen molar-refractivity contribution >= 4 is 5.91 Å². The Hall–Kier alpha value is -0.530. The van der Waals surface area contributed by atoms with Gasteiger partial charge in [-0.05, 0) is 32.1 Å². The Balaban J connectivity index is 1.71. The minimum atomic E-state index is 0.320. The Morgan fingerprint density at radius 2 is 1.73 bits per heavy atom. The van der Waals surface area contributed by atoms with Crippen molar-refractivity contribution in [2.45, 2.75) is 44.6 Å². The minimum absolute atomic E-state index is 0.320. The van der Waals surface area contributed by atoms with Crippen LogP contribution in [0.5, 0.6) is 0 Å². The quantitative estimate of drug-likeness (QED) is 0.639. The van der Waals surface area contributed by atoms with E-state index < -0.39 is 0 Å². The molecule has 0 aromatic rings. The van der Waals surface area contributed by atoms with Crippen molar-refractivity contribution in [1.29, 1.82) is 0 Å². The molecular formula is C9H15NO. The smallest absolute Gasteiger partial charge is 0.223 e. The van der Waals surface area contributed by atoms with E-state index in [-0.39, 0.29) is 0 Å². The highest BCUT2D eigenvalue weighted by atomic mass is 16.2. The van der Waals surface area contributed by atoms with Gasteiger partial charge in [-0.15, -0.1) is 0 Å². The summed E-state index contributed by atoms with van der Waals surface area (Å²) in [6.07, 6.45) is 7.21. The van der Waals surface area contributed by atoms with Crippen molar-refractivity contribution in [3.8, 4) is 0 Å². The molecule has 11 heavy (non-hydrogen) atoms. The molecule has 2 nitrogen and oxygen atoms in total. The predicted molar refractivity (Wildman–Crippen MR) is 43.1 cm³/mol. The molecule has 2 aliphatic carbocycles. The van der Waals surface area contributed by atoms with Crippen LogP contribution in [0.15, 0.2) is 0 Å². The summed E-state index contributed by atoms with van der Waals surface area (Å²) in [5.74, 6) is 0.691. The van der Waals surface area contributed by atoms with E-state index in [0.29, 0.717) is 17.9 Å². The molecule has 2 fully saturated rings. The summed E-state index contributed by atoms with van der Waals surface area (Å²) in [6.45, 7) is 0. The van der Waals surface area contributed by atoms with Crippen molar-refractivity contribution in [3.05, 3.63) is 0 Å². The second-order valence-corrected chi connectivity index (χ2v) is 3.76. The number of rotatable bonds is 2. The zero-order chi connectivity index (χ0) is 7.68. The Labute approximate surface area is 67.4 Å². The second kappa shape index (κ2) is 2.84. The molecular weight excluding hydrogens is 138 g/mol. The number of amides is 1. The lowest BCUT2D eigenvalue weighted by Gasteiger charge is -2.31. The predicted octanol–water partition coefficient (Wildman–Crippen LogP) is 1.46. The lowest BCUT2D eigenvalue weighted by atomic mass is 9.83. The van der Waals surface area contributed by atoms with Crippen LogP contribution >= 0.6 is 0 Å². The normalized spacial score (nSPS) is 25.5. The van der Waals surface area contributed by atoms with E-state index >= 15 is 0 Å². The van der Waals surface area contributed by atoms with E-state index in [1.807, 2.05) is 0 Å². The average molecular weight is 153 g/mol. The molecule has 0 aromatic carbocycles. The van der Waals surface area contributed by atoms with Gasteiger partial charge in [0.25, 0.3) is 0 Å². The van der Waals surface area contributed by atoms with Gasteiger partial charge >= 0.3 is 0 Å². The van der Waals surface area contributed by atoms with Crippen LogP contribution < -0.4 is 5.32 Å². The molecule has 1 N–H and O–H groups in total. The van der Waals surface area contributed by atoms with Crippen LogP contribution in [0.25, 0.3) is 0 Å². The highest BCUT2D eigenvalue weighted by molar-refractivity contribution is 5.79. The van der Waals surface area contributed by atoms with Gasteiger partial charge in [0.2, 0.25) is 5.91 Å². The van der Waals surface area contributed by atoms with Crippen molar-refractivity contribution < 1.29 is 4.79 Å². The third-order valence-corrected chi connectivity index (χ3v) is 2.93. The van der Waals surface area contributed by atoms with E-state index in [1.54, 1.807) is 0 Å². The molecule has 0 saturated heterocycles. The van der Waals surface area contributed by atoms with Crippen LogP contribution in [0.4, 0.5) is 0 Å². The highest BCUT2D eigenvalue weighted by Crippen LogP contribution is 2.27. The van der Waals surface area contributed by atoms with Crippen LogP contribution in [0.2, 0.25) is 0 Å². The third kappa shape index (κ3) is 1.39. The SMILES string of the molecule is O=C(NC1CCC1)C1CCC1. The lowest BCUT2D eigenvalue weighted by molar-refractivity contribution is -0.128. The first-order valence-corrected chi connectivity index (χ1v) is 4.66. The first-order chi connectivity index (χ1) is 5.36. The summed E-state index contributed by atoms with van der Waals surface area (Å²) in [5, 5.41) is 3.08. The van der Waals surface area contributed by atoms with Gasteiger partial charge in [0.1, 0.15) is 0 Å². The molecule has 0 atom stereocenters. The third-order valence-electron chi connectivity index (χ3n) is 2.93. The standard InChI is InChI=1S/C9H15NO/c11-9(7-3-1-4-7)10-8-5-2-6-8/h7-8H,1-6H2,(H,10,11). The summed E-state index contributed by atoms with van der Waals surface area (Å²) in [5.41, 5.74) is 0. The van der Waals surface area contributed by atoms with Gasteiger partial charge in [0.05, 0.1) is 0 Å². The van der Waals surface area contributed by atoms with Crippen LogP contribution in [-0.2, 0) is 4.79 Å². The van der Waals surface area contributed by atoms with E-state index in [0.717, 1.165) is 12.8 Å². The highest BCUT2D eigenvalue weighted by Gasteiger charge is 2.28. The molecule has 0 aliphatic heterocycles. The zero-order valence-electron chi connectivity index (χ0n) is 6.81. The summed E-state index contributed by atoms with van der Waals surface area (Å²) in [7, 11) is 0. The maximum Gasteiger partial charge on any atom is 0.223 e. The van der Waals surface area contributed by atoms with Gasteiger partial charge in [-0.2, -0.15) is 0 Å². The molecule has 0 aromatic heterocycles. The lowest BCUT2D eigenvalue weighted by Crippen LogP contribution is -2.44. The van der Waals surface area contributed by atoms with Gasteiger partial charge in [0, 0.05) is 12.0 Å². The van der Waals surface area contributed by atoms with Gasteiger partial charge in [-0.1, -0.05) is 6.42 Å². The molecule has 62 valence electrons. The van der Waals surface area contributed by atoms with Crippen LogP contribution in [-0.4, -0.2) is 11.9 Å². The van der Waals surface area contributed by atoms with Gasteiger partial charge in [0.15, 0.2) is 0 Å². The molecule has 0 spiro atoms. The molecule has 0 heterocycles. The van der Waals surface area contributed by atoms with Crippen molar-refractivity contribution in [2.75, 3.05) is 0 Å². The number of nitrogens with one attached hydrogen (secondary N) is 1.